The van der Waals surface area contributed by atoms with Crippen LogP contribution in [0, 0.1) is 0 Å². The van der Waals surface area contributed by atoms with Gasteiger partial charge in [-0.25, -0.2) is 4.79 Å². The highest BCUT2D eigenvalue weighted by molar-refractivity contribution is 5.89. The standard InChI is InChI=1S/C15H15NO2/c17-15(18-10-11-4-2-1-3-5-11)14-13(8-9-16-14)12-6-7-12/h1-5,8-9,12,16H,6-7,10H2. The van der Waals surface area contributed by atoms with Gasteiger partial charge in [0.15, 0.2) is 0 Å². The molecule has 0 aliphatic heterocycles. The zero-order valence-electron chi connectivity index (χ0n) is 10.1. The molecular weight excluding hydrogens is 226 g/mol. The molecular formula is C15H15NO2. The number of carbonyl (C=O) groups excluding carboxylic acids is 1. The molecule has 0 atom stereocenters. The van der Waals surface area contributed by atoms with E-state index in [2.05, 4.69) is 4.98 Å². The first-order chi connectivity index (χ1) is 8.84. The van der Waals surface area contributed by atoms with Gasteiger partial charge in [0, 0.05) is 6.20 Å². The molecule has 2 aromatic rings. The summed E-state index contributed by atoms with van der Waals surface area (Å²) in [5.74, 6) is 0.293. The molecule has 92 valence electrons. The third-order valence-electron chi connectivity index (χ3n) is 3.21. The molecule has 1 aliphatic rings. The predicted octanol–water partition coefficient (Wildman–Crippen LogP) is 3.25. The lowest BCUT2D eigenvalue weighted by atomic mass is 10.1. The highest BCUT2D eigenvalue weighted by atomic mass is 16.5. The van der Waals surface area contributed by atoms with E-state index >= 15 is 0 Å². The van der Waals surface area contributed by atoms with E-state index in [1.807, 2.05) is 42.6 Å². The van der Waals surface area contributed by atoms with Gasteiger partial charge in [-0.1, -0.05) is 30.3 Å². The highest BCUT2D eigenvalue weighted by Crippen LogP contribution is 2.41. The molecule has 3 heteroatoms. The van der Waals surface area contributed by atoms with Gasteiger partial charge in [0.25, 0.3) is 0 Å². The molecule has 0 radical (unpaired) electrons. The van der Waals surface area contributed by atoms with Crippen molar-refractivity contribution in [2.75, 3.05) is 0 Å². The Bertz CT molecular complexity index is 541. The topological polar surface area (TPSA) is 42.1 Å². The Labute approximate surface area is 106 Å². The molecule has 1 aliphatic carbocycles. The monoisotopic (exact) mass is 241 g/mol. The van der Waals surface area contributed by atoms with Gasteiger partial charge in [-0.3, -0.25) is 0 Å². The number of aromatic nitrogens is 1. The molecule has 0 spiro atoms. The summed E-state index contributed by atoms with van der Waals surface area (Å²) in [7, 11) is 0. The summed E-state index contributed by atoms with van der Waals surface area (Å²) in [5.41, 5.74) is 2.73. The molecule has 1 heterocycles. The summed E-state index contributed by atoms with van der Waals surface area (Å²) in [5, 5.41) is 0. The first-order valence-electron chi connectivity index (χ1n) is 6.23. The van der Waals surface area contributed by atoms with Crippen molar-refractivity contribution in [3.05, 3.63) is 59.4 Å². The Balaban J connectivity index is 1.66. The van der Waals surface area contributed by atoms with Crippen LogP contribution in [-0.2, 0) is 11.3 Å². The van der Waals surface area contributed by atoms with E-state index < -0.39 is 0 Å². The van der Waals surface area contributed by atoms with Gasteiger partial charge in [-0.2, -0.15) is 0 Å². The molecule has 3 nitrogen and oxygen atoms in total. The van der Waals surface area contributed by atoms with Crippen molar-refractivity contribution in [2.24, 2.45) is 0 Å². The fourth-order valence-electron chi connectivity index (χ4n) is 2.09. The maximum absolute atomic E-state index is 12.0. The second kappa shape index (κ2) is 4.69. The van der Waals surface area contributed by atoms with Gasteiger partial charge in [0.2, 0.25) is 0 Å². The molecule has 1 aromatic heterocycles. The van der Waals surface area contributed by atoms with Crippen LogP contribution in [0.2, 0.25) is 0 Å². The maximum Gasteiger partial charge on any atom is 0.355 e. The van der Waals surface area contributed by atoms with Crippen molar-refractivity contribution in [1.29, 1.82) is 0 Å². The van der Waals surface area contributed by atoms with Crippen molar-refractivity contribution in [3.8, 4) is 0 Å². The number of hydrogen-bond donors (Lipinski definition) is 1. The fraction of sp³-hybridized carbons (Fsp3) is 0.267. The van der Waals surface area contributed by atoms with Crippen LogP contribution < -0.4 is 0 Å². The number of benzene rings is 1. The van der Waals surface area contributed by atoms with Crippen molar-refractivity contribution in [3.63, 3.8) is 0 Å². The largest absolute Gasteiger partial charge is 0.456 e. The third kappa shape index (κ3) is 2.30. The zero-order chi connectivity index (χ0) is 12.4. The molecule has 1 aromatic carbocycles. The summed E-state index contributed by atoms with van der Waals surface area (Å²) in [6.07, 6.45) is 4.17. The highest BCUT2D eigenvalue weighted by Gasteiger charge is 2.29. The Morgan fingerprint density at radius 2 is 2.00 bits per heavy atom. The van der Waals surface area contributed by atoms with Crippen LogP contribution in [0.5, 0.6) is 0 Å². The molecule has 1 N–H and O–H groups in total. The zero-order valence-corrected chi connectivity index (χ0v) is 10.1. The van der Waals surface area contributed by atoms with Crippen LogP contribution >= 0.6 is 0 Å². The SMILES string of the molecule is O=C(OCc1ccccc1)c1[nH]ccc1C1CC1. The number of hydrogen-bond acceptors (Lipinski definition) is 2. The second-order valence-electron chi connectivity index (χ2n) is 4.64. The summed E-state index contributed by atoms with van der Waals surface area (Å²) in [6, 6.07) is 11.7. The van der Waals surface area contributed by atoms with Crippen LogP contribution in [0.25, 0.3) is 0 Å². The van der Waals surface area contributed by atoms with E-state index in [0.717, 1.165) is 11.1 Å². The Kier molecular flexibility index (Phi) is 2.89. The first-order valence-corrected chi connectivity index (χ1v) is 6.23. The van der Waals surface area contributed by atoms with Crippen LogP contribution in [0.3, 0.4) is 0 Å². The minimum Gasteiger partial charge on any atom is -0.456 e. The van der Waals surface area contributed by atoms with Gasteiger partial charge in [-0.05, 0) is 36.0 Å². The number of esters is 1. The number of aromatic amines is 1. The van der Waals surface area contributed by atoms with Gasteiger partial charge in [0.05, 0.1) is 0 Å². The number of nitrogens with one attached hydrogen (secondary N) is 1. The smallest absolute Gasteiger partial charge is 0.355 e. The van der Waals surface area contributed by atoms with Crippen LogP contribution in [0.15, 0.2) is 42.6 Å². The number of H-pyrrole nitrogens is 1. The molecule has 1 saturated carbocycles. The van der Waals surface area contributed by atoms with Crippen molar-refractivity contribution in [2.45, 2.75) is 25.4 Å². The normalized spacial score (nSPS) is 14.4. The maximum atomic E-state index is 12.0. The van der Waals surface area contributed by atoms with Gasteiger partial charge < -0.3 is 9.72 Å². The van der Waals surface area contributed by atoms with Crippen LogP contribution in [0.4, 0.5) is 0 Å². The fourth-order valence-corrected chi connectivity index (χ4v) is 2.09. The van der Waals surface area contributed by atoms with Crippen LogP contribution in [0.1, 0.15) is 40.4 Å². The minimum absolute atomic E-state index is 0.259. The molecule has 0 amide bonds. The quantitative estimate of drug-likeness (QED) is 0.835. The predicted molar refractivity (Wildman–Crippen MR) is 68.3 cm³/mol. The van der Waals surface area contributed by atoms with E-state index in [0.29, 0.717) is 18.2 Å². The summed E-state index contributed by atoms with van der Waals surface area (Å²) < 4.78 is 5.32. The number of rotatable bonds is 4. The molecule has 0 bridgehead atoms. The lowest BCUT2D eigenvalue weighted by Gasteiger charge is -2.05. The van der Waals surface area contributed by atoms with Gasteiger partial charge in [-0.15, -0.1) is 0 Å². The number of carbonyl (C=O) groups is 1. The Morgan fingerprint density at radius 1 is 1.22 bits per heavy atom. The Hall–Kier alpha value is -2.03. The minimum atomic E-state index is -0.259. The summed E-state index contributed by atoms with van der Waals surface area (Å²) in [4.78, 5) is 15.0. The first kappa shape index (κ1) is 11.1. The molecule has 3 rings (SSSR count). The third-order valence-corrected chi connectivity index (χ3v) is 3.21. The average Bonchev–Trinajstić information content (AvgIpc) is 3.14. The van der Waals surface area contributed by atoms with Gasteiger partial charge >= 0.3 is 5.97 Å². The molecule has 0 unspecified atom stereocenters. The average molecular weight is 241 g/mol. The van der Waals surface area contributed by atoms with Crippen LogP contribution in [-0.4, -0.2) is 11.0 Å². The molecule has 1 fully saturated rings. The Morgan fingerprint density at radius 3 is 2.72 bits per heavy atom. The summed E-state index contributed by atoms with van der Waals surface area (Å²) in [6.45, 7) is 0.322. The van der Waals surface area contributed by atoms with E-state index in [1.165, 1.54) is 12.8 Å². The molecule has 18 heavy (non-hydrogen) atoms. The second-order valence-corrected chi connectivity index (χ2v) is 4.64. The van der Waals surface area contributed by atoms with E-state index in [1.54, 1.807) is 0 Å². The van der Waals surface area contributed by atoms with E-state index in [9.17, 15) is 4.79 Å². The van der Waals surface area contributed by atoms with Gasteiger partial charge in [0.1, 0.15) is 12.3 Å². The van der Waals surface area contributed by atoms with Crippen molar-refractivity contribution >= 4 is 5.97 Å². The molecule has 0 saturated heterocycles. The summed E-state index contributed by atoms with van der Waals surface area (Å²) >= 11 is 0. The van der Waals surface area contributed by atoms with E-state index in [-0.39, 0.29) is 5.97 Å². The van der Waals surface area contributed by atoms with Crippen molar-refractivity contribution < 1.29 is 9.53 Å². The van der Waals surface area contributed by atoms with Crippen molar-refractivity contribution in [1.82, 2.24) is 4.98 Å². The lowest BCUT2D eigenvalue weighted by Crippen LogP contribution is -2.07. The lowest BCUT2D eigenvalue weighted by molar-refractivity contribution is 0.0465. The number of ether oxygens (including phenoxy) is 1. The van der Waals surface area contributed by atoms with E-state index in [4.69, 9.17) is 4.74 Å².